The molecule has 0 bridgehead atoms. The highest BCUT2D eigenvalue weighted by atomic mass is 16.2. The highest BCUT2D eigenvalue weighted by Gasteiger charge is 2.22. The van der Waals surface area contributed by atoms with E-state index in [1.54, 1.807) is 4.90 Å². The van der Waals surface area contributed by atoms with E-state index in [-0.39, 0.29) is 18.0 Å². The molecule has 0 aliphatic rings. The lowest BCUT2D eigenvalue weighted by molar-refractivity contribution is -0.131. The molecule has 1 aromatic heterocycles. The quantitative estimate of drug-likeness (QED) is 0.867. The Labute approximate surface area is 122 Å². The Morgan fingerprint density at radius 3 is 2.40 bits per heavy atom. The second kappa shape index (κ2) is 6.88. The number of nitrogens with one attached hydrogen (secondary N) is 1. The van der Waals surface area contributed by atoms with Gasteiger partial charge in [0.1, 0.15) is 0 Å². The van der Waals surface area contributed by atoms with Gasteiger partial charge in [0.15, 0.2) is 0 Å². The number of hydrogen-bond acceptors (Lipinski definition) is 3. The van der Waals surface area contributed by atoms with Gasteiger partial charge in [-0.15, -0.1) is 0 Å². The molecular formula is C15H28N4O. The molecule has 1 amide bonds. The molecule has 2 unspecified atom stereocenters. The molecule has 0 aromatic carbocycles. The third-order valence-electron chi connectivity index (χ3n) is 3.89. The minimum absolute atomic E-state index is 0.111. The predicted molar refractivity (Wildman–Crippen MR) is 81.7 cm³/mol. The minimum Gasteiger partial charge on any atom is -0.345 e. The zero-order valence-electron chi connectivity index (χ0n) is 13.8. The van der Waals surface area contributed by atoms with Crippen molar-refractivity contribution in [1.82, 2.24) is 20.0 Å². The molecule has 0 saturated heterocycles. The van der Waals surface area contributed by atoms with Gasteiger partial charge in [0.05, 0.1) is 11.7 Å². The smallest absolute Gasteiger partial charge is 0.239 e. The number of amides is 1. The van der Waals surface area contributed by atoms with Crippen molar-refractivity contribution in [2.24, 2.45) is 0 Å². The van der Waals surface area contributed by atoms with Crippen LogP contribution in [-0.4, -0.2) is 40.2 Å². The number of carbonyl (C=O) groups excluding carboxylic acids is 1. The molecule has 1 rings (SSSR count). The van der Waals surface area contributed by atoms with Gasteiger partial charge in [-0.25, -0.2) is 0 Å². The van der Waals surface area contributed by atoms with Crippen molar-refractivity contribution < 1.29 is 4.79 Å². The summed E-state index contributed by atoms with van der Waals surface area (Å²) in [7, 11) is 1.83. The highest BCUT2D eigenvalue weighted by Crippen LogP contribution is 2.21. The Hall–Kier alpha value is -1.36. The van der Waals surface area contributed by atoms with Crippen LogP contribution in [0.3, 0.4) is 0 Å². The molecule has 1 aromatic rings. The fourth-order valence-electron chi connectivity index (χ4n) is 2.66. The first kappa shape index (κ1) is 16.7. The first-order chi connectivity index (χ1) is 9.33. The molecule has 114 valence electrons. The van der Waals surface area contributed by atoms with Gasteiger partial charge in [-0.05, 0) is 41.5 Å². The Morgan fingerprint density at radius 2 is 1.95 bits per heavy atom. The molecule has 1 heterocycles. The van der Waals surface area contributed by atoms with E-state index in [0.717, 1.165) is 18.8 Å². The van der Waals surface area contributed by atoms with Crippen molar-refractivity contribution in [3.8, 4) is 0 Å². The molecule has 0 saturated carbocycles. The van der Waals surface area contributed by atoms with Gasteiger partial charge >= 0.3 is 0 Å². The number of aryl methyl sites for hydroxylation is 2. The molecule has 0 spiro atoms. The normalized spacial score (nSPS) is 14.2. The summed E-state index contributed by atoms with van der Waals surface area (Å²) in [6.45, 7) is 13.8. The van der Waals surface area contributed by atoms with Crippen LogP contribution in [0, 0.1) is 13.8 Å². The Balaban J connectivity index is 2.84. The van der Waals surface area contributed by atoms with Crippen LogP contribution in [0.25, 0.3) is 0 Å². The van der Waals surface area contributed by atoms with Crippen molar-refractivity contribution in [3.05, 3.63) is 17.0 Å². The number of hydrogen-bond donors (Lipinski definition) is 1. The van der Waals surface area contributed by atoms with Crippen LogP contribution in [-0.2, 0) is 11.3 Å². The van der Waals surface area contributed by atoms with Crippen LogP contribution in [0.1, 0.15) is 50.7 Å². The van der Waals surface area contributed by atoms with Gasteiger partial charge in [0.25, 0.3) is 0 Å². The number of rotatable bonds is 6. The van der Waals surface area contributed by atoms with Crippen molar-refractivity contribution in [3.63, 3.8) is 0 Å². The average molecular weight is 280 g/mol. The summed E-state index contributed by atoms with van der Waals surface area (Å²) in [4.78, 5) is 13.9. The molecule has 0 radical (unpaired) electrons. The molecule has 0 aliphatic heterocycles. The van der Waals surface area contributed by atoms with E-state index in [0.29, 0.717) is 0 Å². The maximum Gasteiger partial charge on any atom is 0.239 e. The fraction of sp³-hybridized carbons (Fsp3) is 0.733. The van der Waals surface area contributed by atoms with E-state index >= 15 is 0 Å². The third kappa shape index (κ3) is 3.39. The number of carbonyl (C=O) groups is 1. The van der Waals surface area contributed by atoms with Crippen molar-refractivity contribution in [2.75, 3.05) is 13.6 Å². The average Bonchev–Trinajstić information content (AvgIpc) is 2.71. The van der Waals surface area contributed by atoms with Crippen molar-refractivity contribution in [2.45, 2.75) is 60.2 Å². The van der Waals surface area contributed by atoms with E-state index in [9.17, 15) is 4.79 Å². The summed E-state index contributed by atoms with van der Waals surface area (Å²) in [6, 6.07) is -0.0850. The van der Waals surface area contributed by atoms with E-state index in [1.165, 1.54) is 11.3 Å². The maximum absolute atomic E-state index is 12.1. The van der Waals surface area contributed by atoms with Gasteiger partial charge in [0.2, 0.25) is 5.91 Å². The molecule has 2 atom stereocenters. The Morgan fingerprint density at radius 1 is 1.35 bits per heavy atom. The van der Waals surface area contributed by atoms with E-state index < -0.39 is 0 Å². The van der Waals surface area contributed by atoms with Gasteiger partial charge in [-0.3, -0.25) is 14.8 Å². The van der Waals surface area contributed by atoms with Crippen LogP contribution >= 0.6 is 0 Å². The summed E-state index contributed by atoms with van der Waals surface area (Å²) in [5.74, 6) is 0.123. The van der Waals surface area contributed by atoms with E-state index in [1.807, 2.05) is 32.5 Å². The Kier molecular flexibility index (Phi) is 5.74. The van der Waals surface area contributed by atoms with Gasteiger partial charge in [0, 0.05) is 37.4 Å². The Bertz CT molecular complexity index is 467. The van der Waals surface area contributed by atoms with Crippen LogP contribution in [0.5, 0.6) is 0 Å². The van der Waals surface area contributed by atoms with Crippen LogP contribution < -0.4 is 5.32 Å². The third-order valence-corrected chi connectivity index (χ3v) is 3.89. The summed E-state index contributed by atoms with van der Waals surface area (Å²) in [5.41, 5.74) is 3.41. The van der Waals surface area contributed by atoms with E-state index in [2.05, 4.69) is 31.2 Å². The first-order valence-corrected chi connectivity index (χ1v) is 7.38. The summed E-state index contributed by atoms with van der Waals surface area (Å²) in [6.07, 6.45) is 0. The highest BCUT2D eigenvalue weighted by molar-refractivity contribution is 5.81. The van der Waals surface area contributed by atoms with Gasteiger partial charge in [-0.2, -0.15) is 5.10 Å². The zero-order valence-corrected chi connectivity index (χ0v) is 13.8. The summed E-state index contributed by atoms with van der Waals surface area (Å²) in [5, 5.41) is 7.92. The van der Waals surface area contributed by atoms with Crippen LogP contribution in [0.15, 0.2) is 0 Å². The summed E-state index contributed by atoms with van der Waals surface area (Å²) >= 11 is 0. The topological polar surface area (TPSA) is 50.2 Å². The van der Waals surface area contributed by atoms with Gasteiger partial charge < -0.3 is 4.90 Å². The molecule has 0 fully saturated rings. The summed E-state index contributed by atoms with van der Waals surface area (Å²) < 4.78 is 2.01. The number of likely N-dealkylation sites (N-methyl/N-ethyl adjacent to an activating group) is 1. The first-order valence-electron chi connectivity index (χ1n) is 7.38. The largest absolute Gasteiger partial charge is 0.345 e. The molecular weight excluding hydrogens is 252 g/mol. The van der Waals surface area contributed by atoms with Crippen LogP contribution in [0.4, 0.5) is 0 Å². The number of aromatic nitrogens is 2. The van der Waals surface area contributed by atoms with Crippen molar-refractivity contribution >= 4 is 5.91 Å². The second-order valence-corrected chi connectivity index (χ2v) is 5.36. The second-order valence-electron chi connectivity index (χ2n) is 5.36. The lowest BCUT2D eigenvalue weighted by Crippen LogP contribution is -2.44. The lowest BCUT2D eigenvalue weighted by Gasteiger charge is -2.24. The van der Waals surface area contributed by atoms with Gasteiger partial charge in [-0.1, -0.05) is 0 Å². The van der Waals surface area contributed by atoms with E-state index in [4.69, 9.17) is 0 Å². The minimum atomic E-state index is -0.196. The molecule has 0 aliphatic carbocycles. The SMILES string of the molecule is CCN(C)C(=O)C(C)NC(C)c1c(C)nn(CC)c1C. The predicted octanol–water partition coefficient (Wildman–Crippen LogP) is 2.04. The molecule has 5 nitrogen and oxygen atoms in total. The molecule has 5 heteroatoms. The zero-order chi connectivity index (χ0) is 15.4. The fourth-order valence-corrected chi connectivity index (χ4v) is 2.66. The lowest BCUT2D eigenvalue weighted by atomic mass is 10.1. The maximum atomic E-state index is 12.1. The van der Waals surface area contributed by atoms with Crippen molar-refractivity contribution in [1.29, 1.82) is 0 Å². The van der Waals surface area contributed by atoms with Crippen LogP contribution in [0.2, 0.25) is 0 Å². The molecule has 1 N–H and O–H groups in total. The monoisotopic (exact) mass is 280 g/mol. The molecule has 20 heavy (non-hydrogen) atoms. The number of nitrogens with zero attached hydrogens (tertiary/aromatic N) is 3. The standard InChI is InChI=1S/C15H28N4O/c1-8-18(7)15(20)12(5)16-10(3)14-11(4)17-19(9-2)13(14)6/h10,12,16H,8-9H2,1-7H3.